The molecule has 0 fully saturated rings. The summed E-state index contributed by atoms with van der Waals surface area (Å²) in [6, 6.07) is 8.70. The van der Waals surface area contributed by atoms with Crippen LogP contribution < -0.4 is 4.74 Å². The third-order valence-electron chi connectivity index (χ3n) is 3.53. The molecule has 3 rings (SSSR count). The Morgan fingerprint density at radius 1 is 1.11 bits per heavy atom. The third kappa shape index (κ3) is 1.77. The Morgan fingerprint density at radius 3 is 2.58 bits per heavy atom. The number of phenolic OH excluding ortho intramolecular Hbond substituents is 1. The number of fused-ring (bicyclic) bond motifs is 3. The number of rotatable bonds is 0. The van der Waals surface area contributed by atoms with Crippen molar-refractivity contribution in [3.63, 3.8) is 0 Å². The number of benzene rings is 2. The van der Waals surface area contributed by atoms with Crippen LogP contribution in [0.25, 0.3) is 11.1 Å². The molecule has 3 heteroatoms. The Hall–Kier alpha value is -2.03. The molecule has 0 saturated carbocycles. The highest BCUT2D eigenvalue weighted by Crippen LogP contribution is 2.46. The molecule has 2 nitrogen and oxygen atoms in total. The maximum absolute atomic E-state index is 13.6. The van der Waals surface area contributed by atoms with Gasteiger partial charge in [-0.25, -0.2) is 4.39 Å². The highest BCUT2D eigenvalue weighted by Gasteiger charge is 2.33. The van der Waals surface area contributed by atoms with Crippen LogP contribution in [0, 0.1) is 12.7 Å². The SMILES string of the molecule is Cc1ccc2c(c1)C(C)(C)Oc1cc(O)c(F)cc1-2. The minimum absolute atomic E-state index is 0.384. The molecule has 0 unspecified atom stereocenters. The average Bonchev–Trinajstić information content (AvgIpc) is 2.32. The molecule has 1 aliphatic heterocycles. The number of aromatic hydroxyl groups is 1. The van der Waals surface area contributed by atoms with E-state index in [0.29, 0.717) is 11.3 Å². The van der Waals surface area contributed by atoms with Crippen LogP contribution in [0.2, 0.25) is 0 Å². The van der Waals surface area contributed by atoms with Crippen molar-refractivity contribution < 1.29 is 14.2 Å². The standard InChI is InChI=1S/C16H15FO2/c1-9-4-5-10-11-7-13(17)14(18)8-15(11)19-16(2,3)12(10)6-9/h4-8,18H,1-3H3. The van der Waals surface area contributed by atoms with Crippen molar-refractivity contribution >= 4 is 0 Å². The van der Waals surface area contributed by atoms with E-state index in [4.69, 9.17) is 4.74 Å². The largest absolute Gasteiger partial charge is 0.505 e. The second kappa shape index (κ2) is 3.73. The predicted molar refractivity (Wildman–Crippen MR) is 71.9 cm³/mol. The van der Waals surface area contributed by atoms with Crippen molar-refractivity contribution in [1.82, 2.24) is 0 Å². The quantitative estimate of drug-likeness (QED) is 0.769. The van der Waals surface area contributed by atoms with Crippen LogP contribution in [-0.4, -0.2) is 5.11 Å². The molecular formula is C16H15FO2. The van der Waals surface area contributed by atoms with Gasteiger partial charge in [0, 0.05) is 17.2 Å². The predicted octanol–water partition coefficient (Wildman–Crippen LogP) is 4.13. The van der Waals surface area contributed by atoms with Crippen molar-refractivity contribution in [1.29, 1.82) is 0 Å². The first-order valence-corrected chi connectivity index (χ1v) is 6.21. The van der Waals surface area contributed by atoms with Crippen LogP contribution >= 0.6 is 0 Å². The molecule has 0 amide bonds. The van der Waals surface area contributed by atoms with Crippen LogP contribution in [-0.2, 0) is 5.60 Å². The lowest BCUT2D eigenvalue weighted by Gasteiger charge is -2.35. The zero-order valence-electron chi connectivity index (χ0n) is 11.1. The number of halogens is 1. The zero-order valence-corrected chi connectivity index (χ0v) is 11.1. The average molecular weight is 258 g/mol. The Morgan fingerprint density at radius 2 is 1.84 bits per heavy atom. The van der Waals surface area contributed by atoms with Gasteiger partial charge in [0.15, 0.2) is 11.6 Å². The third-order valence-corrected chi connectivity index (χ3v) is 3.53. The van der Waals surface area contributed by atoms with Gasteiger partial charge in [0.05, 0.1) is 0 Å². The molecule has 98 valence electrons. The lowest BCUT2D eigenvalue weighted by molar-refractivity contribution is 0.105. The maximum atomic E-state index is 13.6. The van der Waals surface area contributed by atoms with Gasteiger partial charge in [0.2, 0.25) is 0 Å². The molecule has 0 atom stereocenters. The highest BCUT2D eigenvalue weighted by molar-refractivity contribution is 5.77. The van der Waals surface area contributed by atoms with Crippen LogP contribution in [0.1, 0.15) is 25.0 Å². The molecule has 0 aliphatic carbocycles. The molecule has 0 saturated heterocycles. The van der Waals surface area contributed by atoms with Crippen molar-refractivity contribution in [2.45, 2.75) is 26.4 Å². The number of aryl methyl sites for hydroxylation is 1. The zero-order chi connectivity index (χ0) is 13.8. The summed E-state index contributed by atoms with van der Waals surface area (Å²) in [4.78, 5) is 0. The minimum Gasteiger partial charge on any atom is -0.505 e. The van der Waals surface area contributed by atoms with Gasteiger partial charge in [0.1, 0.15) is 11.4 Å². The number of hydrogen-bond donors (Lipinski definition) is 1. The van der Waals surface area contributed by atoms with E-state index in [-0.39, 0.29) is 5.75 Å². The van der Waals surface area contributed by atoms with Gasteiger partial charge >= 0.3 is 0 Å². The van der Waals surface area contributed by atoms with Crippen LogP contribution in [0.15, 0.2) is 30.3 Å². The number of hydrogen-bond acceptors (Lipinski definition) is 2. The van der Waals surface area contributed by atoms with E-state index in [2.05, 4.69) is 6.07 Å². The second-order valence-electron chi connectivity index (χ2n) is 5.46. The van der Waals surface area contributed by atoms with Crippen molar-refractivity contribution in [2.24, 2.45) is 0 Å². The summed E-state index contributed by atoms with van der Waals surface area (Å²) in [5.74, 6) is -0.501. The van der Waals surface area contributed by atoms with Gasteiger partial charge in [-0.05, 0) is 32.4 Å². The van der Waals surface area contributed by atoms with Gasteiger partial charge in [-0.3, -0.25) is 0 Å². The number of ether oxygens (including phenoxy) is 1. The summed E-state index contributed by atoms with van der Waals surface area (Å²) in [6.07, 6.45) is 0. The lowest BCUT2D eigenvalue weighted by Crippen LogP contribution is -2.29. The molecule has 2 aromatic rings. The minimum atomic E-state index is -0.631. The summed E-state index contributed by atoms with van der Waals surface area (Å²) < 4.78 is 19.5. The first kappa shape index (κ1) is 12.0. The van der Waals surface area contributed by atoms with Gasteiger partial charge in [-0.1, -0.05) is 23.8 Å². The van der Waals surface area contributed by atoms with Gasteiger partial charge < -0.3 is 9.84 Å². The fraction of sp³-hybridized carbons (Fsp3) is 0.250. The molecule has 2 aromatic carbocycles. The fourth-order valence-corrected chi connectivity index (χ4v) is 2.56. The lowest BCUT2D eigenvalue weighted by atomic mass is 9.85. The smallest absolute Gasteiger partial charge is 0.165 e. The molecule has 1 heterocycles. The van der Waals surface area contributed by atoms with Gasteiger partial charge in [0.25, 0.3) is 0 Å². The topological polar surface area (TPSA) is 29.5 Å². The Kier molecular flexibility index (Phi) is 2.36. The summed E-state index contributed by atoms with van der Waals surface area (Å²) in [7, 11) is 0. The maximum Gasteiger partial charge on any atom is 0.165 e. The van der Waals surface area contributed by atoms with E-state index in [1.54, 1.807) is 0 Å². The first-order valence-electron chi connectivity index (χ1n) is 6.21. The Bertz CT molecular complexity index is 675. The Labute approximate surface area is 111 Å². The van der Waals surface area contributed by atoms with E-state index in [1.807, 2.05) is 32.9 Å². The Balaban J connectivity index is 2.33. The van der Waals surface area contributed by atoms with Crippen molar-refractivity contribution in [3.8, 4) is 22.6 Å². The summed E-state index contributed by atoms with van der Waals surface area (Å²) >= 11 is 0. The molecule has 0 bridgehead atoms. The van der Waals surface area contributed by atoms with Gasteiger partial charge in [-0.2, -0.15) is 0 Å². The van der Waals surface area contributed by atoms with Gasteiger partial charge in [-0.15, -0.1) is 0 Å². The highest BCUT2D eigenvalue weighted by atomic mass is 19.1. The van der Waals surface area contributed by atoms with E-state index >= 15 is 0 Å². The first-order chi connectivity index (χ1) is 8.88. The fourth-order valence-electron chi connectivity index (χ4n) is 2.56. The molecule has 1 aliphatic rings. The van der Waals surface area contributed by atoms with Crippen LogP contribution in [0.3, 0.4) is 0 Å². The monoisotopic (exact) mass is 258 g/mol. The normalized spacial score (nSPS) is 15.4. The van der Waals surface area contributed by atoms with E-state index in [1.165, 1.54) is 12.1 Å². The second-order valence-corrected chi connectivity index (χ2v) is 5.46. The number of phenols is 1. The van der Waals surface area contributed by atoms with E-state index in [0.717, 1.165) is 16.7 Å². The van der Waals surface area contributed by atoms with Crippen molar-refractivity contribution in [3.05, 3.63) is 47.3 Å². The van der Waals surface area contributed by atoms with E-state index in [9.17, 15) is 9.50 Å². The molecule has 19 heavy (non-hydrogen) atoms. The van der Waals surface area contributed by atoms with E-state index < -0.39 is 11.4 Å². The van der Waals surface area contributed by atoms with Crippen LogP contribution in [0.4, 0.5) is 4.39 Å². The summed E-state index contributed by atoms with van der Waals surface area (Å²) in [5, 5.41) is 9.48. The molecule has 0 aromatic heterocycles. The molecule has 1 N–H and O–H groups in total. The van der Waals surface area contributed by atoms with Crippen molar-refractivity contribution in [2.75, 3.05) is 0 Å². The summed E-state index contributed by atoms with van der Waals surface area (Å²) in [6.45, 7) is 5.95. The molecule has 0 radical (unpaired) electrons. The summed E-state index contributed by atoms with van der Waals surface area (Å²) in [5.41, 5.74) is 3.31. The molecular weight excluding hydrogens is 243 g/mol. The molecule has 0 spiro atoms. The van der Waals surface area contributed by atoms with Crippen LogP contribution in [0.5, 0.6) is 11.5 Å².